The molecule has 1 aromatic carbocycles. The molecule has 0 amide bonds. The van der Waals surface area contributed by atoms with Gasteiger partial charge in [0.15, 0.2) is 0 Å². The van der Waals surface area contributed by atoms with E-state index in [1.807, 2.05) is 0 Å². The van der Waals surface area contributed by atoms with E-state index in [0.717, 1.165) is 25.6 Å². The van der Waals surface area contributed by atoms with Gasteiger partial charge in [-0.3, -0.25) is 0 Å². The highest BCUT2D eigenvalue weighted by Gasteiger charge is 2.18. The van der Waals surface area contributed by atoms with E-state index in [9.17, 15) is 12.8 Å². The van der Waals surface area contributed by atoms with E-state index in [-0.39, 0.29) is 11.4 Å². The van der Waals surface area contributed by atoms with Crippen LogP contribution < -0.4 is 10.0 Å². The second kappa shape index (κ2) is 6.80. The van der Waals surface area contributed by atoms with E-state index < -0.39 is 15.8 Å². The normalized spacial score (nSPS) is 16.0. The molecule has 0 unspecified atom stereocenters. The third-order valence-electron chi connectivity index (χ3n) is 3.08. The largest absolute Gasteiger partial charge is 0.313 e. The third kappa shape index (κ3) is 4.12. The molecule has 20 heavy (non-hydrogen) atoms. The van der Waals surface area contributed by atoms with Gasteiger partial charge in [0.25, 0.3) is 0 Å². The first-order chi connectivity index (χ1) is 9.49. The fraction of sp³-hybridized carbons (Fsp3) is 0.385. The average Bonchev–Trinajstić information content (AvgIpc) is 2.39. The first-order valence-corrected chi connectivity index (χ1v) is 8.60. The maximum atomic E-state index is 13.7. The molecule has 2 N–H and O–H groups in total. The summed E-state index contributed by atoms with van der Waals surface area (Å²) < 4.78 is 40.6. The number of hydrogen-bond acceptors (Lipinski definition) is 3. The van der Waals surface area contributed by atoms with Gasteiger partial charge in [0.2, 0.25) is 10.0 Å². The van der Waals surface area contributed by atoms with E-state index in [2.05, 4.69) is 32.0 Å². The number of halogens is 2. The molecular weight excluding hydrogens is 347 g/mol. The molecule has 4 nitrogen and oxygen atoms in total. The Hall–Kier alpha value is -0.760. The molecule has 1 aliphatic rings. The number of benzene rings is 1. The minimum Gasteiger partial charge on any atom is -0.313 e. The van der Waals surface area contributed by atoms with Crippen molar-refractivity contribution in [3.63, 3.8) is 0 Å². The monoisotopic (exact) mass is 362 g/mol. The van der Waals surface area contributed by atoms with Crippen molar-refractivity contribution in [3.8, 4) is 0 Å². The van der Waals surface area contributed by atoms with Crippen LogP contribution in [-0.2, 0) is 10.0 Å². The van der Waals surface area contributed by atoms with E-state index in [4.69, 9.17) is 0 Å². The van der Waals surface area contributed by atoms with Crippen LogP contribution in [0.25, 0.3) is 0 Å². The summed E-state index contributed by atoms with van der Waals surface area (Å²) in [6.45, 7) is 2.02. The zero-order chi connectivity index (χ0) is 14.6. The highest BCUT2D eigenvalue weighted by molar-refractivity contribution is 9.10. The predicted molar refractivity (Wildman–Crippen MR) is 79.5 cm³/mol. The van der Waals surface area contributed by atoms with Crippen molar-refractivity contribution in [1.82, 2.24) is 10.0 Å². The molecule has 0 fully saturated rings. The Morgan fingerprint density at radius 1 is 1.40 bits per heavy atom. The first-order valence-electron chi connectivity index (χ1n) is 6.32. The zero-order valence-electron chi connectivity index (χ0n) is 10.8. The second-order valence-corrected chi connectivity index (χ2v) is 7.19. The van der Waals surface area contributed by atoms with E-state index in [0.29, 0.717) is 10.9 Å². The molecular formula is C13H16BrFN2O2S. The number of sulfonamides is 1. The molecule has 110 valence electrons. The van der Waals surface area contributed by atoms with Crippen molar-refractivity contribution in [3.05, 3.63) is 40.1 Å². The summed E-state index contributed by atoms with van der Waals surface area (Å²) in [7, 11) is -3.80. The lowest BCUT2D eigenvalue weighted by Crippen LogP contribution is -2.27. The van der Waals surface area contributed by atoms with Gasteiger partial charge in [-0.1, -0.05) is 27.6 Å². The van der Waals surface area contributed by atoms with Crippen LogP contribution in [0.2, 0.25) is 0 Å². The van der Waals surface area contributed by atoms with Gasteiger partial charge in [-0.15, -0.1) is 0 Å². The van der Waals surface area contributed by atoms with E-state index in [1.165, 1.54) is 17.7 Å². The zero-order valence-corrected chi connectivity index (χ0v) is 13.2. The average molecular weight is 363 g/mol. The molecule has 0 aliphatic carbocycles. The summed E-state index contributed by atoms with van der Waals surface area (Å²) in [6.07, 6.45) is 3.64. The second-order valence-electron chi connectivity index (χ2n) is 4.54. The van der Waals surface area contributed by atoms with Crippen LogP contribution in [0.1, 0.15) is 12.8 Å². The lowest BCUT2D eigenvalue weighted by Gasteiger charge is -2.14. The molecule has 0 aromatic heterocycles. The molecule has 0 atom stereocenters. The predicted octanol–water partition coefficient (Wildman–Crippen LogP) is 2.18. The minimum atomic E-state index is -3.80. The molecule has 0 spiro atoms. The number of rotatable bonds is 5. The lowest BCUT2D eigenvalue weighted by molar-refractivity contribution is 0.556. The smallest absolute Gasteiger partial charge is 0.243 e. The number of hydrogen-bond donors (Lipinski definition) is 2. The third-order valence-corrected chi connectivity index (χ3v) is 5.07. The van der Waals surface area contributed by atoms with Crippen molar-refractivity contribution in [2.45, 2.75) is 17.7 Å². The topological polar surface area (TPSA) is 58.2 Å². The van der Waals surface area contributed by atoms with Crippen LogP contribution in [0, 0.1) is 5.82 Å². The van der Waals surface area contributed by atoms with E-state index in [1.54, 1.807) is 0 Å². The summed E-state index contributed by atoms with van der Waals surface area (Å²) in [5.41, 5.74) is 1.22. The maximum Gasteiger partial charge on any atom is 0.243 e. The maximum absolute atomic E-state index is 13.7. The molecule has 1 aliphatic heterocycles. The lowest BCUT2D eigenvalue weighted by atomic mass is 10.1. The Kier molecular flexibility index (Phi) is 5.31. The van der Waals surface area contributed by atoms with Gasteiger partial charge in [-0.2, -0.15) is 0 Å². The Morgan fingerprint density at radius 2 is 2.20 bits per heavy atom. The molecule has 0 bridgehead atoms. The van der Waals surface area contributed by atoms with Crippen LogP contribution in [0.4, 0.5) is 4.39 Å². The molecule has 2 rings (SSSR count). The van der Waals surface area contributed by atoms with Gasteiger partial charge in [-0.05, 0) is 37.6 Å². The van der Waals surface area contributed by atoms with Crippen molar-refractivity contribution < 1.29 is 12.8 Å². The minimum absolute atomic E-state index is 0.281. The molecule has 1 aromatic rings. The fourth-order valence-corrected chi connectivity index (χ4v) is 3.44. The highest BCUT2D eigenvalue weighted by Crippen LogP contribution is 2.19. The Bertz CT molecular complexity index is 617. The van der Waals surface area contributed by atoms with Crippen LogP contribution in [0.15, 0.2) is 39.2 Å². The molecule has 0 saturated carbocycles. The summed E-state index contributed by atoms with van der Waals surface area (Å²) in [4.78, 5) is -0.319. The quantitative estimate of drug-likeness (QED) is 0.789. The van der Waals surface area contributed by atoms with Crippen molar-refractivity contribution in [1.29, 1.82) is 0 Å². The summed E-state index contributed by atoms with van der Waals surface area (Å²) in [5, 5.41) is 3.19. The molecule has 1 heterocycles. The Morgan fingerprint density at radius 3 is 2.85 bits per heavy atom. The van der Waals surface area contributed by atoms with Crippen molar-refractivity contribution >= 4 is 26.0 Å². The Balaban J connectivity index is 1.98. The van der Waals surface area contributed by atoms with Gasteiger partial charge in [-0.25, -0.2) is 17.5 Å². The summed E-state index contributed by atoms with van der Waals surface area (Å²) >= 11 is 3.10. The Labute approximate surface area is 126 Å². The first kappa shape index (κ1) is 15.6. The van der Waals surface area contributed by atoms with Crippen molar-refractivity contribution in [2.24, 2.45) is 0 Å². The van der Waals surface area contributed by atoms with Crippen molar-refractivity contribution in [2.75, 3.05) is 19.6 Å². The van der Waals surface area contributed by atoms with Gasteiger partial charge in [0, 0.05) is 17.6 Å². The van der Waals surface area contributed by atoms with Gasteiger partial charge in [0.05, 0.1) is 0 Å². The van der Waals surface area contributed by atoms with Gasteiger partial charge in [0.1, 0.15) is 10.7 Å². The SMILES string of the molecule is O=S(=O)(NCCC1=CCNCC1)c1ccc(Br)cc1F. The van der Waals surface area contributed by atoms with Crippen LogP contribution >= 0.6 is 15.9 Å². The summed E-state index contributed by atoms with van der Waals surface area (Å²) in [6, 6.07) is 3.91. The fourth-order valence-electron chi connectivity index (χ4n) is 2.01. The number of nitrogens with one attached hydrogen (secondary N) is 2. The molecule has 0 radical (unpaired) electrons. The highest BCUT2D eigenvalue weighted by atomic mass is 79.9. The van der Waals surface area contributed by atoms with Gasteiger partial charge < -0.3 is 5.32 Å². The standard InChI is InChI=1S/C13H16BrFN2O2S/c14-11-1-2-13(12(15)9-11)20(18,19)17-8-5-10-3-6-16-7-4-10/h1-3,9,16-17H,4-8H2. The summed E-state index contributed by atoms with van der Waals surface area (Å²) in [5.74, 6) is -0.757. The molecule has 7 heteroatoms. The van der Waals surface area contributed by atoms with Crippen LogP contribution in [0.5, 0.6) is 0 Å². The van der Waals surface area contributed by atoms with E-state index >= 15 is 0 Å². The molecule has 0 saturated heterocycles. The van der Waals surface area contributed by atoms with Gasteiger partial charge >= 0.3 is 0 Å². The van der Waals surface area contributed by atoms with Crippen LogP contribution in [0.3, 0.4) is 0 Å². The van der Waals surface area contributed by atoms with Crippen LogP contribution in [-0.4, -0.2) is 28.1 Å².